The summed E-state index contributed by atoms with van der Waals surface area (Å²) in [6.45, 7) is 6.96. The maximum Gasteiger partial charge on any atom is 0.411 e. The standard InChI is InChI=1S/C17H22N2O3/c1-4-17(3,13-18)22-16(21)19(5-2)15(12-20)11-14-9-7-6-8-10-14/h4,6-10,15,20H,1,5,11-12H2,2-3H3/t15-,17?/m1/s1. The molecule has 1 N–H and O–H groups in total. The lowest BCUT2D eigenvalue weighted by atomic mass is 10.1. The highest BCUT2D eigenvalue weighted by molar-refractivity contribution is 5.69. The number of nitriles is 1. The number of amides is 1. The minimum atomic E-state index is -1.38. The van der Waals surface area contributed by atoms with E-state index in [0.717, 1.165) is 5.56 Å². The van der Waals surface area contributed by atoms with Crippen LogP contribution in [0.2, 0.25) is 0 Å². The van der Waals surface area contributed by atoms with Crippen LogP contribution in [0.15, 0.2) is 43.0 Å². The van der Waals surface area contributed by atoms with Crippen molar-refractivity contribution in [3.05, 3.63) is 48.6 Å². The molecule has 2 atom stereocenters. The summed E-state index contributed by atoms with van der Waals surface area (Å²) in [6.07, 6.45) is 1.16. The molecule has 22 heavy (non-hydrogen) atoms. The number of hydrogen-bond donors (Lipinski definition) is 1. The molecule has 0 aliphatic heterocycles. The quantitative estimate of drug-likeness (QED) is 0.785. The molecular weight excluding hydrogens is 280 g/mol. The molecule has 0 saturated heterocycles. The maximum atomic E-state index is 12.3. The first-order valence-electron chi connectivity index (χ1n) is 7.19. The lowest BCUT2D eigenvalue weighted by molar-refractivity contribution is 0.0384. The Morgan fingerprint density at radius 1 is 1.55 bits per heavy atom. The molecule has 0 aromatic heterocycles. The van der Waals surface area contributed by atoms with Crippen LogP contribution in [0.1, 0.15) is 19.4 Å². The van der Waals surface area contributed by atoms with Gasteiger partial charge >= 0.3 is 6.09 Å². The number of carbonyl (C=O) groups excluding carboxylic acids is 1. The van der Waals surface area contributed by atoms with Gasteiger partial charge < -0.3 is 14.7 Å². The Kier molecular flexibility index (Phi) is 6.61. The molecule has 1 amide bonds. The van der Waals surface area contributed by atoms with Gasteiger partial charge in [-0.15, -0.1) is 0 Å². The second-order valence-corrected chi connectivity index (χ2v) is 5.10. The predicted octanol–water partition coefficient (Wildman–Crippen LogP) is 2.52. The maximum absolute atomic E-state index is 12.3. The van der Waals surface area contributed by atoms with Gasteiger partial charge in [0.15, 0.2) is 0 Å². The van der Waals surface area contributed by atoms with Crippen molar-refractivity contribution in [1.29, 1.82) is 5.26 Å². The van der Waals surface area contributed by atoms with Crippen LogP contribution < -0.4 is 0 Å². The summed E-state index contributed by atoms with van der Waals surface area (Å²) in [5, 5.41) is 18.7. The monoisotopic (exact) mass is 302 g/mol. The van der Waals surface area contributed by atoms with Crippen molar-refractivity contribution in [2.75, 3.05) is 13.2 Å². The minimum Gasteiger partial charge on any atom is -0.424 e. The van der Waals surface area contributed by atoms with Crippen molar-refractivity contribution in [1.82, 2.24) is 4.90 Å². The first-order chi connectivity index (χ1) is 10.5. The zero-order valence-corrected chi connectivity index (χ0v) is 13.0. The number of hydrogen-bond acceptors (Lipinski definition) is 4. The van der Waals surface area contributed by atoms with E-state index in [1.54, 1.807) is 6.92 Å². The van der Waals surface area contributed by atoms with Gasteiger partial charge in [-0.25, -0.2) is 4.79 Å². The van der Waals surface area contributed by atoms with E-state index >= 15 is 0 Å². The molecule has 5 heteroatoms. The number of aliphatic hydroxyl groups excluding tert-OH is 1. The number of likely N-dealkylation sites (N-methyl/N-ethyl adjacent to an activating group) is 1. The molecule has 0 bridgehead atoms. The lowest BCUT2D eigenvalue weighted by Crippen LogP contribution is -2.46. The highest BCUT2D eigenvalue weighted by atomic mass is 16.6. The molecule has 1 aromatic carbocycles. The minimum absolute atomic E-state index is 0.185. The largest absolute Gasteiger partial charge is 0.424 e. The summed E-state index contributed by atoms with van der Waals surface area (Å²) in [5.74, 6) is 0. The molecule has 0 aliphatic carbocycles. The number of rotatable bonds is 7. The van der Waals surface area contributed by atoms with Crippen molar-refractivity contribution in [2.45, 2.75) is 31.9 Å². The second-order valence-electron chi connectivity index (χ2n) is 5.10. The summed E-state index contributed by atoms with van der Waals surface area (Å²) in [6, 6.07) is 11.1. The Morgan fingerprint density at radius 3 is 2.64 bits per heavy atom. The number of ether oxygens (including phenoxy) is 1. The SMILES string of the molecule is C=CC(C)(C#N)OC(=O)N(CC)[C@@H](CO)Cc1ccccc1. The molecule has 0 heterocycles. The number of aliphatic hydroxyl groups is 1. The van der Waals surface area contributed by atoms with E-state index in [1.165, 1.54) is 17.9 Å². The molecule has 0 fully saturated rings. The molecular formula is C17H22N2O3. The van der Waals surface area contributed by atoms with Crippen LogP contribution in [0.4, 0.5) is 4.79 Å². The lowest BCUT2D eigenvalue weighted by Gasteiger charge is -2.31. The Bertz CT molecular complexity index is 539. The van der Waals surface area contributed by atoms with Crippen LogP contribution in [0.25, 0.3) is 0 Å². The van der Waals surface area contributed by atoms with E-state index in [9.17, 15) is 9.90 Å². The van der Waals surface area contributed by atoms with Gasteiger partial charge in [-0.1, -0.05) is 36.9 Å². The first-order valence-corrected chi connectivity index (χ1v) is 7.19. The van der Waals surface area contributed by atoms with Gasteiger partial charge in [0.25, 0.3) is 0 Å². The fraction of sp³-hybridized carbons (Fsp3) is 0.412. The molecule has 0 radical (unpaired) electrons. The summed E-state index contributed by atoms with van der Waals surface area (Å²) in [5.41, 5.74) is -0.364. The summed E-state index contributed by atoms with van der Waals surface area (Å²) in [7, 11) is 0. The van der Waals surface area contributed by atoms with Gasteiger partial charge in [-0.2, -0.15) is 5.26 Å². The van der Waals surface area contributed by atoms with E-state index in [-0.39, 0.29) is 6.61 Å². The molecule has 5 nitrogen and oxygen atoms in total. The van der Waals surface area contributed by atoms with E-state index in [0.29, 0.717) is 13.0 Å². The van der Waals surface area contributed by atoms with Crippen LogP contribution in [0.5, 0.6) is 0 Å². The highest BCUT2D eigenvalue weighted by Gasteiger charge is 2.30. The van der Waals surface area contributed by atoms with E-state index in [4.69, 9.17) is 10.00 Å². The smallest absolute Gasteiger partial charge is 0.411 e. The third kappa shape index (κ3) is 4.61. The Morgan fingerprint density at radius 2 is 2.18 bits per heavy atom. The van der Waals surface area contributed by atoms with E-state index in [1.807, 2.05) is 36.4 Å². The van der Waals surface area contributed by atoms with Crippen molar-refractivity contribution < 1.29 is 14.6 Å². The third-order valence-electron chi connectivity index (χ3n) is 3.45. The fourth-order valence-corrected chi connectivity index (χ4v) is 2.05. The zero-order valence-electron chi connectivity index (χ0n) is 13.0. The average Bonchev–Trinajstić information content (AvgIpc) is 2.55. The van der Waals surface area contributed by atoms with E-state index in [2.05, 4.69) is 6.58 Å². The van der Waals surface area contributed by atoms with Gasteiger partial charge in [0.1, 0.15) is 6.07 Å². The van der Waals surface area contributed by atoms with Crippen molar-refractivity contribution in [2.24, 2.45) is 0 Å². The molecule has 1 aromatic rings. The molecule has 1 unspecified atom stereocenters. The van der Waals surface area contributed by atoms with Crippen LogP contribution in [0.3, 0.4) is 0 Å². The van der Waals surface area contributed by atoms with Crippen LogP contribution in [-0.2, 0) is 11.2 Å². The van der Waals surface area contributed by atoms with Crippen LogP contribution in [-0.4, -0.2) is 40.9 Å². The molecule has 0 spiro atoms. The van der Waals surface area contributed by atoms with Gasteiger partial charge in [-0.05, 0) is 31.9 Å². The van der Waals surface area contributed by atoms with Gasteiger partial charge in [-0.3, -0.25) is 0 Å². The summed E-state index contributed by atoms with van der Waals surface area (Å²) in [4.78, 5) is 13.7. The number of carbonyl (C=O) groups is 1. The summed E-state index contributed by atoms with van der Waals surface area (Å²) < 4.78 is 5.21. The molecule has 118 valence electrons. The van der Waals surface area contributed by atoms with Gasteiger partial charge in [0, 0.05) is 6.54 Å². The third-order valence-corrected chi connectivity index (χ3v) is 3.45. The zero-order chi connectivity index (χ0) is 16.6. The Balaban J connectivity index is 2.85. The average molecular weight is 302 g/mol. The molecule has 0 aliphatic rings. The normalized spacial score (nSPS) is 14.3. The van der Waals surface area contributed by atoms with Gasteiger partial charge in [0.2, 0.25) is 5.60 Å². The number of benzene rings is 1. The van der Waals surface area contributed by atoms with Crippen LogP contribution >= 0.6 is 0 Å². The Labute approximate surface area is 131 Å². The molecule has 0 saturated carbocycles. The summed E-state index contributed by atoms with van der Waals surface area (Å²) >= 11 is 0. The highest BCUT2D eigenvalue weighted by Crippen LogP contribution is 2.16. The number of nitrogens with zero attached hydrogens (tertiary/aromatic N) is 2. The fourth-order valence-electron chi connectivity index (χ4n) is 2.05. The van der Waals surface area contributed by atoms with Crippen molar-refractivity contribution in [3.63, 3.8) is 0 Å². The second kappa shape index (κ2) is 8.20. The van der Waals surface area contributed by atoms with E-state index < -0.39 is 17.7 Å². The first kappa shape index (κ1) is 17.7. The predicted molar refractivity (Wildman–Crippen MR) is 84.1 cm³/mol. The van der Waals surface area contributed by atoms with Crippen LogP contribution in [0, 0.1) is 11.3 Å². The van der Waals surface area contributed by atoms with Crippen molar-refractivity contribution in [3.8, 4) is 6.07 Å². The van der Waals surface area contributed by atoms with Crippen molar-refractivity contribution >= 4 is 6.09 Å². The van der Waals surface area contributed by atoms with Gasteiger partial charge in [0.05, 0.1) is 12.6 Å². The molecule has 1 rings (SSSR count). The topological polar surface area (TPSA) is 73.6 Å². The Hall–Kier alpha value is -2.32.